The van der Waals surface area contributed by atoms with Crippen molar-refractivity contribution in [1.29, 1.82) is 0 Å². The molecule has 4 nitrogen and oxygen atoms in total. The Bertz CT molecular complexity index is 861. The summed E-state index contributed by atoms with van der Waals surface area (Å²) in [7, 11) is 0. The average Bonchev–Trinajstić information content (AvgIpc) is 2.66. The number of allylic oxidation sites excluding steroid dienone is 1. The highest BCUT2D eigenvalue weighted by molar-refractivity contribution is 5.87. The third-order valence-corrected chi connectivity index (χ3v) is 4.43. The number of rotatable bonds is 7. The molecule has 0 aliphatic heterocycles. The highest BCUT2D eigenvalue weighted by Crippen LogP contribution is 2.20. The molecule has 2 unspecified atom stereocenters. The van der Waals surface area contributed by atoms with Crippen molar-refractivity contribution in [3.63, 3.8) is 0 Å². The second-order valence-electron chi connectivity index (χ2n) is 7.21. The molecule has 2 aromatic carbocycles. The summed E-state index contributed by atoms with van der Waals surface area (Å²) >= 11 is 0. The minimum absolute atomic E-state index is 0.299. The summed E-state index contributed by atoms with van der Waals surface area (Å²) < 4.78 is 5.44. The van der Waals surface area contributed by atoms with Gasteiger partial charge in [-0.15, -0.1) is 0 Å². The van der Waals surface area contributed by atoms with E-state index in [0.29, 0.717) is 5.76 Å². The van der Waals surface area contributed by atoms with Crippen LogP contribution in [0.15, 0.2) is 61.7 Å². The van der Waals surface area contributed by atoms with Crippen molar-refractivity contribution in [3.8, 4) is 0 Å². The Labute approximate surface area is 173 Å². The first-order chi connectivity index (χ1) is 13.5. The normalized spacial score (nSPS) is 12.0. The molecule has 4 heteroatoms. The van der Waals surface area contributed by atoms with Crippen LogP contribution in [0.3, 0.4) is 0 Å². The van der Waals surface area contributed by atoms with Gasteiger partial charge in [-0.05, 0) is 40.2 Å². The summed E-state index contributed by atoms with van der Waals surface area (Å²) in [5, 5.41) is 8.96. The Morgan fingerprint density at radius 1 is 0.862 bits per heavy atom. The Balaban J connectivity index is 0.000000352. The number of aryl methyl sites for hydroxylation is 2. The molecule has 0 bridgehead atoms. The van der Waals surface area contributed by atoms with E-state index < -0.39 is 18.0 Å². The lowest BCUT2D eigenvalue weighted by molar-refractivity contribution is -0.148. The molecule has 2 aromatic rings. The number of ether oxygens (including phenoxy) is 1. The minimum Gasteiger partial charge on any atom is -0.482 e. The highest BCUT2D eigenvalue weighted by atomic mass is 16.5. The predicted octanol–water partition coefficient (Wildman–Crippen LogP) is 5.69. The average molecular weight is 395 g/mol. The molecule has 1 N–H and O–H groups in total. The van der Waals surface area contributed by atoms with Gasteiger partial charge in [-0.25, -0.2) is 0 Å². The fourth-order valence-electron chi connectivity index (χ4n) is 2.47. The number of carbonyl (C=O) groups is 2. The topological polar surface area (TPSA) is 63.6 Å². The van der Waals surface area contributed by atoms with Gasteiger partial charge in [-0.2, -0.15) is 0 Å². The van der Waals surface area contributed by atoms with Crippen LogP contribution in [0.5, 0.6) is 0 Å². The Kier molecular flexibility index (Phi) is 9.07. The Hall–Kier alpha value is -3.14. The van der Waals surface area contributed by atoms with Gasteiger partial charge < -0.3 is 9.84 Å². The number of Topliss-reactive ketones (excluding diaryl/α,β-unsaturated/α-hetero) is 1. The number of hydrogen-bond acceptors (Lipinski definition) is 3. The van der Waals surface area contributed by atoms with Gasteiger partial charge in [0.15, 0.2) is 11.9 Å². The van der Waals surface area contributed by atoms with Gasteiger partial charge in [0, 0.05) is 5.56 Å². The summed E-state index contributed by atoms with van der Waals surface area (Å²) in [4.78, 5) is 22.4. The second-order valence-corrected chi connectivity index (χ2v) is 7.21. The van der Waals surface area contributed by atoms with Gasteiger partial charge in [0.2, 0.25) is 0 Å². The van der Waals surface area contributed by atoms with Crippen LogP contribution in [0.25, 0.3) is 11.3 Å². The molecule has 0 saturated carbocycles. The number of carbonyl (C=O) groups excluding carboxylic acids is 1. The maximum atomic E-state index is 11.5. The van der Waals surface area contributed by atoms with Crippen LogP contribution in [0.4, 0.5) is 0 Å². The quantitative estimate of drug-likeness (QED) is 0.613. The SMILES string of the molecule is C=C(C)c1ccc(C)cc1.C=C(OC(C(C)=O)C(C)C(=O)O)c1ccc(C)cc1. The van der Waals surface area contributed by atoms with Gasteiger partial charge in [0.05, 0.1) is 5.92 Å². The predicted molar refractivity (Wildman–Crippen MR) is 118 cm³/mol. The Morgan fingerprint density at radius 2 is 1.28 bits per heavy atom. The Morgan fingerprint density at radius 3 is 1.62 bits per heavy atom. The van der Waals surface area contributed by atoms with Crippen LogP contribution in [-0.2, 0) is 14.3 Å². The van der Waals surface area contributed by atoms with Crippen molar-refractivity contribution >= 4 is 23.1 Å². The first-order valence-corrected chi connectivity index (χ1v) is 9.41. The standard InChI is InChI=1S/C15H18O4.C10H12/c1-9-5-7-13(8-6-9)12(4)19-14(11(3)16)10(2)15(17)18;1-8(2)10-6-4-9(3)5-7-10/h5-8,10,14H,4H2,1-3H3,(H,17,18);4-7H,1H2,2-3H3. The molecule has 2 rings (SSSR count). The minimum atomic E-state index is -1.07. The lowest BCUT2D eigenvalue weighted by Crippen LogP contribution is -2.33. The van der Waals surface area contributed by atoms with Crippen molar-refractivity contribution in [2.24, 2.45) is 5.92 Å². The molecule has 154 valence electrons. The molecule has 0 fully saturated rings. The van der Waals surface area contributed by atoms with E-state index in [9.17, 15) is 9.59 Å². The van der Waals surface area contributed by atoms with E-state index in [0.717, 1.165) is 16.7 Å². The number of benzene rings is 2. The first kappa shape index (κ1) is 23.9. The van der Waals surface area contributed by atoms with Crippen molar-refractivity contribution in [1.82, 2.24) is 0 Å². The van der Waals surface area contributed by atoms with Crippen LogP contribution in [-0.4, -0.2) is 23.0 Å². The lowest BCUT2D eigenvalue weighted by Gasteiger charge is -2.21. The van der Waals surface area contributed by atoms with Crippen molar-refractivity contribution < 1.29 is 19.4 Å². The van der Waals surface area contributed by atoms with Gasteiger partial charge in [-0.3, -0.25) is 9.59 Å². The maximum Gasteiger partial charge on any atom is 0.310 e. The fraction of sp³-hybridized carbons (Fsp3) is 0.280. The van der Waals surface area contributed by atoms with Gasteiger partial charge in [0.25, 0.3) is 0 Å². The van der Waals surface area contributed by atoms with Crippen LogP contribution in [0.2, 0.25) is 0 Å². The molecular weight excluding hydrogens is 364 g/mol. The number of aliphatic carboxylic acids is 1. The third-order valence-electron chi connectivity index (χ3n) is 4.43. The summed E-state index contributed by atoms with van der Waals surface area (Å²) in [5.74, 6) is -2.02. The van der Waals surface area contributed by atoms with Gasteiger partial charge in [-0.1, -0.05) is 78.4 Å². The van der Waals surface area contributed by atoms with E-state index in [4.69, 9.17) is 9.84 Å². The van der Waals surface area contributed by atoms with Crippen molar-refractivity contribution in [2.75, 3.05) is 0 Å². The molecule has 0 spiro atoms. The van der Waals surface area contributed by atoms with Gasteiger partial charge in [0.1, 0.15) is 5.76 Å². The van der Waals surface area contributed by atoms with E-state index in [1.807, 2.05) is 38.1 Å². The first-order valence-electron chi connectivity index (χ1n) is 9.41. The molecule has 0 heterocycles. The summed E-state index contributed by atoms with van der Waals surface area (Å²) in [5.41, 5.74) is 5.48. The zero-order chi connectivity index (χ0) is 22.1. The van der Waals surface area contributed by atoms with Crippen LogP contribution < -0.4 is 0 Å². The van der Waals surface area contributed by atoms with Crippen LogP contribution >= 0.6 is 0 Å². The molecule has 29 heavy (non-hydrogen) atoms. The largest absolute Gasteiger partial charge is 0.482 e. The molecule has 0 saturated heterocycles. The van der Waals surface area contributed by atoms with E-state index in [1.54, 1.807) is 0 Å². The molecule has 0 amide bonds. The summed E-state index contributed by atoms with van der Waals surface area (Å²) in [6.45, 7) is 16.4. The van der Waals surface area contributed by atoms with Crippen LogP contribution in [0, 0.1) is 19.8 Å². The molecule has 0 radical (unpaired) electrons. The second kappa shape index (κ2) is 11.0. The molecule has 0 aliphatic carbocycles. The summed E-state index contributed by atoms with van der Waals surface area (Å²) in [6, 6.07) is 15.8. The molecule has 0 aromatic heterocycles. The number of ketones is 1. The van der Waals surface area contributed by atoms with Crippen molar-refractivity contribution in [3.05, 3.63) is 83.9 Å². The zero-order valence-electron chi connectivity index (χ0n) is 17.9. The lowest BCUT2D eigenvalue weighted by atomic mass is 10.0. The van der Waals surface area contributed by atoms with E-state index in [1.165, 1.54) is 25.0 Å². The van der Waals surface area contributed by atoms with E-state index >= 15 is 0 Å². The number of carboxylic acids is 1. The summed E-state index contributed by atoms with van der Waals surface area (Å²) in [6.07, 6.45) is -1.02. The van der Waals surface area contributed by atoms with Crippen molar-refractivity contribution in [2.45, 2.75) is 40.7 Å². The zero-order valence-corrected chi connectivity index (χ0v) is 17.9. The molecule has 2 atom stereocenters. The highest BCUT2D eigenvalue weighted by Gasteiger charge is 2.29. The molecular formula is C25H30O4. The van der Waals surface area contributed by atoms with Gasteiger partial charge >= 0.3 is 5.97 Å². The smallest absolute Gasteiger partial charge is 0.310 e. The molecule has 0 aliphatic rings. The number of hydrogen-bond donors (Lipinski definition) is 1. The van der Waals surface area contributed by atoms with E-state index in [-0.39, 0.29) is 5.78 Å². The monoisotopic (exact) mass is 394 g/mol. The number of carboxylic acid groups (broad SMARTS) is 1. The maximum absolute atomic E-state index is 11.5. The van der Waals surface area contributed by atoms with Crippen LogP contribution in [0.1, 0.15) is 43.0 Å². The van der Waals surface area contributed by atoms with E-state index in [2.05, 4.69) is 44.3 Å². The third kappa shape index (κ3) is 7.78. The fourth-order valence-corrected chi connectivity index (χ4v) is 2.47.